The summed E-state index contributed by atoms with van der Waals surface area (Å²) in [7, 11) is 0. The molecule has 19 heavy (non-hydrogen) atoms. The maximum Gasteiger partial charge on any atom is 0.355 e. The average Bonchev–Trinajstić information content (AvgIpc) is 2.78. The lowest BCUT2D eigenvalue weighted by atomic mass is 10.2. The third kappa shape index (κ3) is 1.85. The van der Waals surface area contributed by atoms with Gasteiger partial charge in [-0.05, 0) is 19.1 Å². The highest BCUT2D eigenvalue weighted by Gasteiger charge is 2.18. The Morgan fingerprint density at radius 1 is 1.26 bits per heavy atom. The molecule has 2 aromatic heterocycles. The zero-order valence-electron chi connectivity index (χ0n) is 10.2. The first-order chi connectivity index (χ1) is 9.16. The van der Waals surface area contributed by atoms with Crippen molar-refractivity contribution in [2.45, 2.75) is 6.92 Å². The van der Waals surface area contributed by atoms with Gasteiger partial charge in [-0.15, -0.1) is 0 Å². The van der Waals surface area contributed by atoms with Crippen molar-refractivity contribution in [1.82, 2.24) is 14.5 Å². The lowest BCUT2D eigenvalue weighted by molar-refractivity contribution is 0.0690. The fourth-order valence-electron chi connectivity index (χ4n) is 2.06. The average molecular weight is 253 g/mol. The van der Waals surface area contributed by atoms with E-state index in [2.05, 4.69) is 9.97 Å². The Morgan fingerprint density at radius 3 is 2.68 bits per heavy atom. The molecule has 2 heterocycles. The Balaban J connectivity index is 2.31. The van der Waals surface area contributed by atoms with Crippen molar-refractivity contribution in [2.75, 3.05) is 0 Å². The summed E-state index contributed by atoms with van der Waals surface area (Å²) in [5, 5.41) is 10.1. The molecule has 0 saturated carbocycles. The number of aromatic carboxylic acids is 1. The quantitative estimate of drug-likeness (QED) is 0.761. The van der Waals surface area contributed by atoms with Crippen molar-refractivity contribution in [3.05, 3.63) is 54.2 Å². The number of fused-ring (bicyclic) bond motifs is 1. The molecule has 0 bridgehead atoms. The number of hydrogen-bond donors (Lipinski definition) is 1. The summed E-state index contributed by atoms with van der Waals surface area (Å²) >= 11 is 0. The van der Waals surface area contributed by atoms with Crippen molar-refractivity contribution >= 4 is 16.9 Å². The lowest BCUT2D eigenvalue weighted by Gasteiger charge is -2.06. The third-order valence-electron chi connectivity index (χ3n) is 2.99. The van der Waals surface area contributed by atoms with Crippen LogP contribution in [0.2, 0.25) is 0 Å². The number of nitrogens with zero attached hydrogens (tertiary/aromatic N) is 3. The molecule has 0 aliphatic heterocycles. The second-order valence-corrected chi connectivity index (χ2v) is 4.32. The van der Waals surface area contributed by atoms with Crippen LogP contribution in [0.1, 0.15) is 16.1 Å². The minimum atomic E-state index is -1.01. The molecule has 94 valence electrons. The third-order valence-corrected chi connectivity index (χ3v) is 2.99. The van der Waals surface area contributed by atoms with Crippen LogP contribution in [0.5, 0.6) is 0 Å². The number of aryl methyl sites for hydroxylation is 1. The molecule has 0 radical (unpaired) electrons. The molecule has 0 spiro atoms. The maximum atomic E-state index is 11.5. The first kappa shape index (κ1) is 11.4. The van der Waals surface area contributed by atoms with Gasteiger partial charge in [0.05, 0.1) is 0 Å². The molecule has 3 rings (SSSR count). The zero-order valence-corrected chi connectivity index (χ0v) is 10.2. The standard InChI is InChI=1S/C14H11N3O2/c1-9-2-4-11(5-3-9)17-7-10-6-15-8-16-12(10)13(17)14(18)19/h2-8H,1H3,(H,18,19). The van der Waals surface area contributed by atoms with Crippen LogP contribution in [-0.2, 0) is 0 Å². The van der Waals surface area contributed by atoms with Crippen molar-refractivity contribution < 1.29 is 9.90 Å². The monoisotopic (exact) mass is 253 g/mol. The van der Waals surface area contributed by atoms with E-state index >= 15 is 0 Å². The predicted octanol–water partition coefficient (Wildman–Crippen LogP) is 2.43. The molecule has 5 nitrogen and oxygen atoms in total. The molecule has 0 atom stereocenters. The van der Waals surface area contributed by atoms with Gasteiger partial charge in [0.15, 0.2) is 5.69 Å². The molecule has 1 aromatic carbocycles. The van der Waals surface area contributed by atoms with E-state index in [1.807, 2.05) is 31.2 Å². The number of hydrogen-bond acceptors (Lipinski definition) is 3. The van der Waals surface area contributed by atoms with Gasteiger partial charge in [-0.2, -0.15) is 0 Å². The van der Waals surface area contributed by atoms with Crippen molar-refractivity contribution in [3.8, 4) is 5.69 Å². The van der Waals surface area contributed by atoms with Gasteiger partial charge in [-0.25, -0.2) is 14.8 Å². The number of benzene rings is 1. The predicted molar refractivity (Wildman–Crippen MR) is 70.6 cm³/mol. The van der Waals surface area contributed by atoms with E-state index in [-0.39, 0.29) is 5.69 Å². The molecule has 3 aromatic rings. The van der Waals surface area contributed by atoms with E-state index in [1.165, 1.54) is 6.33 Å². The van der Waals surface area contributed by atoms with Gasteiger partial charge in [-0.1, -0.05) is 17.7 Å². The van der Waals surface area contributed by atoms with E-state index in [0.29, 0.717) is 10.9 Å². The van der Waals surface area contributed by atoms with Crippen LogP contribution in [0, 0.1) is 6.92 Å². The highest BCUT2D eigenvalue weighted by atomic mass is 16.4. The highest BCUT2D eigenvalue weighted by molar-refractivity contribution is 6.01. The molecule has 0 amide bonds. The Labute approximate surface area is 109 Å². The summed E-state index contributed by atoms with van der Waals surface area (Å²) in [5.74, 6) is -1.01. The Morgan fingerprint density at radius 2 is 2.00 bits per heavy atom. The van der Waals surface area contributed by atoms with Gasteiger partial charge < -0.3 is 9.67 Å². The van der Waals surface area contributed by atoms with Gasteiger partial charge in [0.25, 0.3) is 0 Å². The van der Waals surface area contributed by atoms with Gasteiger partial charge >= 0.3 is 5.97 Å². The van der Waals surface area contributed by atoms with Crippen LogP contribution in [-0.4, -0.2) is 25.6 Å². The molecule has 0 saturated heterocycles. The molecule has 5 heteroatoms. The smallest absolute Gasteiger partial charge is 0.355 e. The Kier molecular flexibility index (Phi) is 2.52. The number of carboxylic acid groups (broad SMARTS) is 1. The van der Waals surface area contributed by atoms with E-state index in [9.17, 15) is 9.90 Å². The van der Waals surface area contributed by atoms with Crippen LogP contribution in [0.3, 0.4) is 0 Å². The van der Waals surface area contributed by atoms with Crippen molar-refractivity contribution in [1.29, 1.82) is 0 Å². The fourth-order valence-corrected chi connectivity index (χ4v) is 2.06. The zero-order chi connectivity index (χ0) is 13.4. The number of rotatable bonds is 2. The summed E-state index contributed by atoms with van der Waals surface area (Å²) in [6.07, 6.45) is 4.71. The summed E-state index contributed by atoms with van der Waals surface area (Å²) in [6, 6.07) is 7.65. The van der Waals surface area contributed by atoms with E-state index in [1.54, 1.807) is 17.0 Å². The number of carbonyl (C=O) groups is 1. The van der Waals surface area contributed by atoms with Crippen molar-refractivity contribution in [2.24, 2.45) is 0 Å². The molecule has 0 fully saturated rings. The van der Waals surface area contributed by atoms with Gasteiger partial charge in [0, 0.05) is 23.5 Å². The van der Waals surface area contributed by atoms with E-state index < -0.39 is 5.97 Å². The molecular formula is C14H11N3O2. The second kappa shape index (κ2) is 4.20. The van der Waals surface area contributed by atoms with Crippen LogP contribution >= 0.6 is 0 Å². The van der Waals surface area contributed by atoms with E-state index in [4.69, 9.17) is 0 Å². The minimum absolute atomic E-state index is 0.154. The maximum absolute atomic E-state index is 11.5. The molecular weight excluding hydrogens is 242 g/mol. The molecule has 1 N–H and O–H groups in total. The second-order valence-electron chi connectivity index (χ2n) is 4.32. The molecule has 0 aliphatic carbocycles. The van der Waals surface area contributed by atoms with Crippen LogP contribution < -0.4 is 0 Å². The number of carboxylic acids is 1. The first-order valence-corrected chi connectivity index (χ1v) is 5.78. The summed E-state index contributed by atoms with van der Waals surface area (Å²) < 4.78 is 1.63. The van der Waals surface area contributed by atoms with Gasteiger partial charge in [0.1, 0.15) is 11.8 Å². The highest BCUT2D eigenvalue weighted by Crippen LogP contribution is 2.22. The normalized spacial score (nSPS) is 10.8. The molecule has 0 aliphatic rings. The van der Waals surface area contributed by atoms with Crippen LogP contribution in [0.25, 0.3) is 16.6 Å². The van der Waals surface area contributed by atoms with E-state index in [0.717, 1.165) is 11.3 Å². The topological polar surface area (TPSA) is 68.0 Å². The molecule has 0 unspecified atom stereocenters. The van der Waals surface area contributed by atoms with Gasteiger partial charge in [0.2, 0.25) is 0 Å². The lowest BCUT2D eigenvalue weighted by Crippen LogP contribution is -2.06. The first-order valence-electron chi connectivity index (χ1n) is 5.78. The summed E-state index contributed by atoms with van der Waals surface area (Å²) in [5.41, 5.74) is 2.52. The van der Waals surface area contributed by atoms with Crippen molar-refractivity contribution in [3.63, 3.8) is 0 Å². The Bertz CT molecular complexity index is 760. The summed E-state index contributed by atoms with van der Waals surface area (Å²) in [4.78, 5) is 19.4. The van der Waals surface area contributed by atoms with Crippen LogP contribution in [0.15, 0.2) is 43.0 Å². The van der Waals surface area contributed by atoms with Crippen LogP contribution in [0.4, 0.5) is 0 Å². The SMILES string of the molecule is Cc1ccc(-n2cc3cncnc3c2C(=O)O)cc1. The summed E-state index contributed by atoms with van der Waals surface area (Å²) in [6.45, 7) is 1.99. The largest absolute Gasteiger partial charge is 0.476 e. The fraction of sp³-hybridized carbons (Fsp3) is 0.0714. The minimum Gasteiger partial charge on any atom is -0.476 e. The van der Waals surface area contributed by atoms with Gasteiger partial charge in [-0.3, -0.25) is 0 Å². The number of aromatic nitrogens is 3. The Hall–Kier alpha value is -2.69.